The van der Waals surface area contributed by atoms with E-state index in [1.807, 2.05) is 42.8 Å². The van der Waals surface area contributed by atoms with Crippen LogP contribution in [0.5, 0.6) is 0 Å². The summed E-state index contributed by atoms with van der Waals surface area (Å²) in [6.45, 7) is 6.96. The third-order valence-electron chi connectivity index (χ3n) is 4.69. The van der Waals surface area contributed by atoms with E-state index >= 15 is 0 Å². The lowest BCUT2D eigenvalue weighted by Gasteiger charge is -2.26. The first-order valence-electron chi connectivity index (χ1n) is 9.46. The van der Waals surface area contributed by atoms with Crippen LogP contribution in [-0.4, -0.2) is 47.4 Å². The molecule has 2 aromatic heterocycles. The van der Waals surface area contributed by atoms with Crippen LogP contribution in [0.4, 0.5) is 5.82 Å². The Morgan fingerprint density at radius 1 is 1.25 bits per heavy atom. The Balaban J connectivity index is 2.06. The van der Waals surface area contributed by atoms with E-state index in [-0.39, 0.29) is 12.4 Å². The maximum absolute atomic E-state index is 11.4. The first kappa shape index (κ1) is 20.5. The number of aromatic nitrogens is 3. The van der Waals surface area contributed by atoms with Gasteiger partial charge in [0.1, 0.15) is 15.4 Å². The number of nitrogen functional groups attached to an aromatic ring is 1. The zero-order chi connectivity index (χ0) is 20.5. The molecule has 0 atom stereocenters. The summed E-state index contributed by atoms with van der Waals surface area (Å²) in [6, 6.07) is 7.90. The highest BCUT2D eigenvalue weighted by atomic mass is 32.2. The molecule has 0 aliphatic carbocycles. The fourth-order valence-corrected chi connectivity index (χ4v) is 3.81. The SMILES string of the molecule is CCCn1nc2c(N)nc3ccccc3c2c1CC(C)(C)OCCS(C)(=O)=O. The van der Waals surface area contributed by atoms with Gasteiger partial charge in [0, 0.05) is 35.7 Å². The van der Waals surface area contributed by atoms with Gasteiger partial charge in [-0.2, -0.15) is 5.10 Å². The molecule has 28 heavy (non-hydrogen) atoms. The lowest BCUT2D eigenvalue weighted by molar-refractivity contribution is -0.00938. The molecular weight excluding hydrogens is 376 g/mol. The van der Waals surface area contributed by atoms with Crippen LogP contribution in [0.25, 0.3) is 21.8 Å². The third-order valence-corrected chi connectivity index (χ3v) is 5.60. The van der Waals surface area contributed by atoms with Crippen molar-refractivity contribution >= 4 is 37.5 Å². The second-order valence-corrected chi connectivity index (χ2v) is 10.1. The van der Waals surface area contributed by atoms with Crippen molar-refractivity contribution in [3.05, 3.63) is 30.0 Å². The number of sulfone groups is 1. The average Bonchev–Trinajstić information content (AvgIpc) is 2.93. The predicted molar refractivity (Wildman–Crippen MR) is 113 cm³/mol. The Kier molecular flexibility index (Phi) is 5.63. The summed E-state index contributed by atoms with van der Waals surface area (Å²) in [5.41, 5.74) is 8.22. The van der Waals surface area contributed by atoms with E-state index in [0.29, 0.717) is 17.8 Å². The summed E-state index contributed by atoms with van der Waals surface area (Å²) in [6.07, 6.45) is 2.73. The van der Waals surface area contributed by atoms with Gasteiger partial charge in [0.25, 0.3) is 0 Å². The van der Waals surface area contributed by atoms with Crippen molar-refractivity contribution in [2.45, 2.75) is 45.8 Å². The number of hydrogen-bond acceptors (Lipinski definition) is 6. The molecule has 1 aromatic carbocycles. The number of fused-ring (bicyclic) bond motifs is 3. The van der Waals surface area contributed by atoms with Gasteiger partial charge in [0.15, 0.2) is 5.82 Å². The number of rotatable bonds is 8. The minimum absolute atomic E-state index is 0.00516. The molecule has 152 valence electrons. The summed E-state index contributed by atoms with van der Waals surface area (Å²) < 4.78 is 30.8. The highest BCUT2D eigenvalue weighted by Crippen LogP contribution is 2.33. The van der Waals surface area contributed by atoms with Gasteiger partial charge in [0.2, 0.25) is 0 Å². The molecule has 0 saturated heterocycles. The summed E-state index contributed by atoms with van der Waals surface area (Å²) >= 11 is 0. The third kappa shape index (κ3) is 4.44. The monoisotopic (exact) mass is 404 g/mol. The summed E-state index contributed by atoms with van der Waals surface area (Å²) in [5, 5.41) is 6.74. The maximum atomic E-state index is 11.4. The molecular formula is C20H28N4O3S. The van der Waals surface area contributed by atoms with Gasteiger partial charge in [0.05, 0.1) is 23.5 Å². The standard InChI is InChI=1S/C20H28N4O3S/c1-5-10-24-16(13-20(2,3)27-11-12-28(4,25)26)17-14-8-6-7-9-15(14)22-19(21)18(17)23-24/h6-9H,5,10-13H2,1-4H3,(H2,21,22). The van der Waals surface area contributed by atoms with Crippen molar-refractivity contribution in [3.8, 4) is 0 Å². The van der Waals surface area contributed by atoms with Crippen molar-refractivity contribution < 1.29 is 13.2 Å². The van der Waals surface area contributed by atoms with Crippen molar-refractivity contribution in [2.75, 3.05) is 24.3 Å². The quantitative estimate of drug-likeness (QED) is 0.619. The average molecular weight is 405 g/mol. The number of nitrogens with zero attached hydrogens (tertiary/aromatic N) is 3. The van der Waals surface area contributed by atoms with Crippen molar-refractivity contribution in [1.29, 1.82) is 0 Å². The molecule has 0 saturated carbocycles. The summed E-state index contributed by atoms with van der Waals surface area (Å²) in [4.78, 5) is 4.50. The van der Waals surface area contributed by atoms with Crippen LogP contribution in [0.2, 0.25) is 0 Å². The van der Waals surface area contributed by atoms with Crippen molar-refractivity contribution in [3.63, 3.8) is 0 Å². The fourth-order valence-electron chi connectivity index (χ4n) is 3.42. The molecule has 0 amide bonds. The van der Waals surface area contributed by atoms with Crippen molar-refractivity contribution in [1.82, 2.24) is 14.8 Å². The van der Waals surface area contributed by atoms with Crippen LogP contribution >= 0.6 is 0 Å². The minimum atomic E-state index is -3.06. The van der Waals surface area contributed by atoms with Gasteiger partial charge < -0.3 is 10.5 Å². The molecule has 3 rings (SSSR count). The molecule has 0 unspecified atom stereocenters. The highest BCUT2D eigenvalue weighted by molar-refractivity contribution is 7.90. The molecule has 7 nitrogen and oxygen atoms in total. The van der Waals surface area contributed by atoms with E-state index in [1.54, 1.807) is 0 Å². The number of aryl methyl sites for hydroxylation is 1. The molecule has 2 N–H and O–H groups in total. The molecule has 0 aliphatic rings. The molecule has 0 spiro atoms. The second kappa shape index (κ2) is 7.67. The van der Waals surface area contributed by atoms with Gasteiger partial charge in [-0.05, 0) is 26.3 Å². The van der Waals surface area contributed by atoms with Crippen LogP contribution in [0.1, 0.15) is 32.9 Å². The van der Waals surface area contributed by atoms with Gasteiger partial charge in [-0.3, -0.25) is 4.68 Å². The smallest absolute Gasteiger partial charge is 0.152 e. The van der Waals surface area contributed by atoms with E-state index in [1.165, 1.54) is 6.26 Å². The molecule has 0 bridgehead atoms. The topological polar surface area (TPSA) is 100 Å². The zero-order valence-electron chi connectivity index (χ0n) is 16.9. The van der Waals surface area contributed by atoms with Crippen LogP contribution in [0.3, 0.4) is 0 Å². The van der Waals surface area contributed by atoms with Crippen molar-refractivity contribution in [2.24, 2.45) is 0 Å². The van der Waals surface area contributed by atoms with E-state index < -0.39 is 15.4 Å². The van der Waals surface area contributed by atoms with E-state index in [0.717, 1.165) is 34.9 Å². The van der Waals surface area contributed by atoms with Gasteiger partial charge >= 0.3 is 0 Å². The number of para-hydroxylation sites is 1. The van der Waals surface area contributed by atoms with Crippen LogP contribution in [-0.2, 0) is 27.5 Å². The highest BCUT2D eigenvalue weighted by Gasteiger charge is 2.26. The summed E-state index contributed by atoms with van der Waals surface area (Å²) in [5.74, 6) is 0.422. The van der Waals surface area contributed by atoms with E-state index in [9.17, 15) is 8.42 Å². The van der Waals surface area contributed by atoms with Crippen LogP contribution in [0.15, 0.2) is 24.3 Å². The molecule has 0 aliphatic heterocycles. The first-order valence-corrected chi connectivity index (χ1v) is 11.5. The predicted octanol–water partition coefficient (Wildman–Crippen LogP) is 2.96. The van der Waals surface area contributed by atoms with Gasteiger partial charge in [-0.25, -0.2) is 13.4 Å². The Hall–Kier alpha value is -2.19. The largest absolute Gasteiger partial charge is 0.382 e. The first-order chi connectivity index (χ1) is 13.1. The number of hydrogen-bond donors (Lipinski definition) is 1. The Bertz CT molecular complexity index is 1100. The number of pyridine rings is 1. The zero-order valence-corrected chi connectivity index (χ0v) is 17.7. The molecule has 0 fully saturated rings. The molecule has 3 aromatic rings. The van der Waals surface area contributed by atoms with E-state index in [4.69, 9.17) is 15.6 Å². The minimum Gasteiger partial charge on any atom is -0.382 e. The molecule has 0 radical (unpaired) electrons. The van der Waals surface area contributed by atoms with Crippen LogP contribution in [0, 0.1) is 0 Å². The van der Waals surface area contributed by atoms with Gasteiger partial charge in [-0.1, -0.05) is 25.1 Å². The Labute approximate surface area is 165 Å². The fraction of sp³-hybridized carbons (Fsp3) is 0.500. The van der Waals surface area contributed by atoms with E-state index in [2.05, 4.69) is 11.9 Å². The Morgan fingerprint density at radius 3 is 2.64 bits per heavy atom. The number of benzene rings is 1. The normalized spacial score (nSPS) is 12.9. The maximum Gasteiger partial charge on any atom is 0.152 e. The number of ether oxygens (including phenoxy) is 1. The lowest BCUT2D eigenvalue weighted by Crippen LogP contribution is -2.31. The molecule has 2 heterocycles. The second-order valence-electron chi connectivity index (χ2n) is 7.82. The lowest BCUT2D eigenvalue weighted by atomic mass is 9.98. The number of anilines is 1. The molecule has 8 heteroatoms. The Morgan fingerprint density at radius 2 is 1.96 bits per heavy atom. The number of nitrogens with two attached hydrogens (primary N) is 1. The van der Waals surface area contributed by atoms with Gasteiger partial charge in [-0.15, -0.1) is 0 Å². The van der Waals surface area contributed by atoms with Crippen LogP contribution < -0.4 is 5.73 Å². The summed E-state index contributed by atoms with van der Waals surface area (Å²) in [7, 11) is -3.06.